The third-order valence-electron chi connectivity index (χ3n) is 7.85. The van der Waals surface area contributed by atoms with Gasteiger partial charge in [-0.3, -0.25) is 4.90 Å². The Bertz CT molecular complexity index is 1150. The summed E-state index contributed by atoms with van der Waals surface area (Å²) in [6, 6.07) is 11.2. The Labute approximate surface area is 205 Å². The Morgan fingerprint density at radius 3 is 2.32 bits per heavy atom. The molecule has 1 aliphatic heterocycles. The van der Waals surface area contributed by atoms with Gasteiger partial charge in [0.25, 0.3) is 0 Å². The molecular weight excluding hydrogens is 442 g/mol. The van der Waals surface area contributed by atoms with Crippen LogP contribution in [0.5, 0.6) is 0 Å². The molecule has 0 spiro atoms. The fourth-order valence-electron chi connectivity index (χ4n) is 5.89. The van der Waals surface area contributed by atoms with Crippen LogP contribution in [-0.4, -0.2) is 57.8 Å². The van der Waals surface area contributed by atoms with Gasteiger partial charge in [0.15, 0.2) is 5.82 Å². The summed E-state index contributed by atoms with van der Waals surface area (Å²) in [5, 5.41) is 19.1. The van der Waals surface area contributed by atoms with Gasteiger partial charge in [0, 0.05) is 43.8 Å². The minimum absolute atomic E-state index is 0.473. The van der Waals surface area contributed by atoms with Crippen molar-refractivity contribution in [1.29, 1.82) is 5.26 Å². The highest BCUT2D eigenvalue weighted by Gasteiger charge is 2.28. The van der Waals surface area contributed by atoms with Crippen molar-refractivity contribution in [1.82, 2.24) is 19.5 Å². The summed E-state index contributed by atoms with van der Waals surface area (Å²) in [4.78, 5) is 11.1. The standard InChI is InChI=1S/C26H33N7S/c27-18-19-10-12-20(13-11-19)23-24(28-21-6-4-5-7-21)33-25(29-23)34-26(30-33)32-16-14-31(15-17-32)22-8-2-1-3-9-22/h10-13,21-22,28H,1-9,14-17H2. The van der Waals surface area contributed by atoms with Gasteiger partial charge in [-0.05, 0) is 37.8 Å². The van der Waals surface area contributed by atoms with Crippen molar-refractivity contribution < 1.29 is 0 Å². The van der Waals surface area contributed by atoms with Gasteiger partial charge < -0.3 is 10.2 Å². The van der Waals surface area contributed by atoms with Crippen LogP contribution >= 0.6 is 11.3 Å². The summed E-state index contributed by atoms with van der Waals surface area (Å²) in [6.07, 6.45) is 11.9. The van der Waals surface area contributed by atoms with E-state index in [2.05, 4.69) is 21.2 Å². The number of rotatable bonds is 5. The van der Waals surface area contributed by atoms with Gasteiger partial charge in [-0.1, -0.05) is 55.6 Å². The number of benzene rings is 1. The van der Waals surface area contributed by atoms with Crippen LogP contribution in [0, 0.1) is 11.3 Å². The topological polar surface area (TPSA) is 72.5 Å². The molecule has 6 rings (SSSR count). The molecule has 0 bridgehead atoms. The molecule has 2 aliphatic carbocycles. The maximum atomic E-state index is 9.17. The molecule has 34 heavy (non-hydrogen) atoms. The van der Waals surface area contributed by atoms with E-state index in [1.807, 2.05) is 28.8 Å². The first kappa shape index (κ1) is 21.9. The Balaban J connectivity index is 1.25. The molecule has 0 atom stereocenters. The third kappa shape index (κ3) is 4.27. The van der Waals surface area contributed by atoms with E-state index >= 15 is 0 Å². The van der Waals surface area contributed by atoms with Crippen LogP contribution in [-0.2, 0) is 0 Å². The van der Waals surface area contributed by atoms with Gasteiger partial charge in [-0.25, -0.2) is 4.98 Å². The molecule has 1 saturated heterocycles. The van der Waals surface area contributed by atoms with Gasteiger partial charge in [0.05, 0.1) is 11.6 Å². The molecule has 2 saturated carbocycles. The fourth-order valence-corrected chi connectivity index (χ4v) is 6.84. The van der Waals surface area contributed by atoms with Gasteiger partial charge in [-0.15, -0.1) is 5.10 Å². The van der Waals surface area contributed by atoms with Crippen LogP contribution in [0.25, 0.3) is 16.2 Å². The molecule has 2 aromatic heterocycles. The van der Waals surface area contributed by atoms with Crippen LogP contribution in [0.15, 0.2) is 24.3 Å². The zero-order valence-electron chi connectivity index (χ0n) is 19.7. The molecule has 1 N–H and O–H groups in total. The predicted molar refractivity (Wildman–Crippen MR) is 138 cm³/mol. The van der Waals surface area contributed by atoms with E-state index in [0.29, 0.717) is 11.6 Å². The molecular formula is C26H33N7S. The first-order valence-corrected chi connectivity index (χ1v) is 13.8. The summed E-state index contributed by atoms with van der Waals surface area (Å²) in [6.45, 7) is 4.36. The summed E-state index contributed by atoms with van der Waals surface area (Å²) >= 11 is 1.69. The van der Waals surface area contributed by atoms with Crippen LogP contribution < -0.4 is 10.2 Å². The molecule has 0 unspecified atom stereocenters. The summed E-state index contributed by atoms with van der Waals surface area (Å²) in [5.74, 6) is 0.995. The molecule has 3 fully saturated rings. The molecule has 0 amide bonds. The molecule has 7 nitrogen and oxygen atoms in total. The maximum absolute atomic E-state index is 9.17. The number of hydrogen-bond acceptors (Lipinski definition) is 7. The predicted octanol–water partition coefficient (Wildman–Crippen LogP) is 5.14. The highest BCUT2D eigenvalue weighted by atomic mass is 32.1. The Kier molecular flexibility index (Phi) is 6.15. The van der Waals surface area contributed by atoms with Crippen LogP contribution in [0.2, 0.25) is 0 Å². The second kappa shape index (κ2) is 9.55. The van der Waals surface area contributed by atoms with Crippen molar-refractivity contribution in [3.05, 3.63) is 29.8 Å². The van der Waals surface area contributed by atoms with E-state index in [1.54, 1.807) is 11.3 Å². The number of hydrogen-bond donors (Lipinski definition) is 1. The number of fused-ring (bicyclic) bond motifs is 1. The number of nitrogens with zero attached hydrogens (tertiary/aromatic N) is 6. The van der Waals surface area contributed by atoms with Gasteiger partial charge >= 0.3 is 0 Å². The maximum Gasteiger partial charge on any atom is 0.216 e. The molecule has 3 heterocycles. The summed E-state index contributed by atoms with van der Waals surface area (Å²) < 4.78 is 2.03. The Morgan fingerprint density at radius 1 is 0.912 bits per heavy atom. The number of aromatic nitrogens is 3. The second-order valence-electron chi connectivity index (χ2n) is 10.0. The van der Waals surface area contributed by atoms with E-state index < -0.39 is 0 Å². The Hall–Kier alpha value is -2.63. The van der Waals surface area contributed by atoms with Gasteiger partial charge in [0.1, 0.15) is 5.69 Å². The van der Waals surface area contributed by atoms with E-state index in [1.165, 1.54) is 57.8 Å². The molecule has 3 aliphatic rings. The van der Waals surface area contributed by atoms with Crippen molar-refractivity contribution >= 4 is 27.2 Å². The van der Waals surface area contributed by atoms with Crippen molar-refractivity contribution in [2.45, 2.75) is 69.9 Å². The lowest BCUT2D eigenvalue weighted by Gasteiger charge is -2.40. The number of nitrogens with one attached hydrogen (secondary N) is 1. The normalized spacial score (nSPS) is 20.7. The highest BCUT2D eigenvalue weighted by molar-refractivity contribution is 7.20. The summed E-state index contributed by atoms with van der Waals surface area (Å²) in [7, 11) is 0. The molecule has 0 radical (unpaired) electrons. The third-order valence-corrected chi connectivity index (χ3v) is 8.82. The number of nitriles is 1. The quantitative estimate of drug-likeness (QED) is 0.551. The van der Waals surface area contributed by atoms with E-state index in [4.69, 9.17) is 10.1 Å². The lowest BCUT2D eigenvalue weighted by atomic mass is 9.94. The van der Waals surface area contributed by atoms with E-state index in [0.717, 1.165) is 59.4 Å². The van der Waals surface area contributed by atoms with Gasteiger partial charge in [-0.2, -0.15) is 9.78 Å². The molecule has 178 valence electrons. The largest absolute Gasteiger partial charge is 0.365 e. The highest BCUT2D eigenvalue weighted by Crippen LogP contribution is 2.36. The van der Waals surface area contributed by atoms with Crippen molar-refractivity contribution in [3.8, 4) is 17.3 Å². The summed E-state index contributed by atoms with van der Waals surface area (Å²) in [5.41, 5.74) is 2.63. The van der Waals surface area contributed by atoms with E-state index in [-0.39, 0.29) is 0 Å². The number of anilines is 2. The zero-order valence-corrected chi connectivity index (χ0v) is 20.6. The van der Waals surface area contributed by atoms with Crippen LogP contribution in [0.3, 0.4) is 0 Å². The first-order valence-electron chi connectivity index (χ1n) is 12.9. The van der Waals surface area contributed by atoms with Gasteiger partial charge in [0.2, 0.25) is 10.1 Å². The minimum atomic E-state index is 0.473. The average molecular weight is 476 g/mol. The van der Waals surface area contributed by atoms with Crippen LogP contribution in [0.4, 0.5) is 10.9 Å². The van der Waals surface area contributed by atoms with Crippen molar-refractivity contribution in [3.63, 3.8) is 0 Å². The first-order chi connectivity index (χ1) is 16.8. The fraction of sp³-hybridized carbons (Fsp3) is 0.577. The minimum Gasteiger partial charge on any atom is -0.365 e. The van der Waals surface area contributed by atoms with E-state index in [9.17, 15) is 5.26 Å². The second-order valence-corrected chi connectivity index (χ2v) is 11.0. The smallest absolute Gasteiger partial charge is 0.216 e. The zero-order chi connectivity index (χ0) is 22.9. The van der Waals surface area contributed by atoms with Crippen LogP contribution in [0.1, 0.15) is 63.4 Å². The van der Waals surface area contributed by atoms with Crippen molar-refractivity contribution in [2.75, 3.05) is 36.4 Å². The lowest BCUT2D eigenvalue weighted by Crippen LogP contribution is -2.50. The number of piperazine rings is 1. The molecule has 8 heteroatoms. The molecule has 3 aromatic rings. The molecule has 1 aromatic carbocycles. The lowest BCUT2D eigenvalue weighted by molar-refractivity contribution is 0.148. The van der Waals surface area contributed by atoms with Crippen molar-refractivity contribution in [2.24, 2.45) is 0 Å². The SMILES string of the molecule is N#Cc1ccc(-c2nc3sc(N4CCN(C5CCCCC5)CC4)nn3c2NC2CCCC2)cc1. The average Bonchev–Trinajstić information content (AvgIpc) is 3.63. The number of imidazole rings is 1. The monoisotopic (exact) mass is 475 g/mol. The Morgan fingerprint density at radius 2 is 1.62 bits per heavy atom.